The van der Waals surface area contributed by atoms with Gasteiger partial charge in [0, 0.05) is 33.5 Å². The van der Waals surface area contributed by atoms with E-state index >= 15 is 0 Å². The molecule has 0 spiro atoms. The van der Waals surface area contributed by atoms with Crippen molar-refractivity contribution >= 4 is 34.8 Å². The summed E-state index contributed by atoms with van der Waals surface area (Å²) in [5.41, 5.74) is 1.70. The zero-order chi connectivity index (χ0) is 16.1. The number of benzene rings is 1. The lowest BCUT2D eigenvalue weighted by molar-refractivity contribution is -0.616. The van der Waals surface area contributed by atoms with E-state index in [1.54, 1.807) is 19.9 Å². The minimum atomic E-state index is -3.62. The smallest absolute Gasteiger partial charge is 0.367 e. The van der Waals surface area contributed by atoms with Gasteiger partial charge in [0.2, 0.25) is 17.0 Å². The van der Waals surface area contributed by atoms with Gasteiger partial charge in [-0.1, -0.05) is 18.2 Å². The third-order valence-electron chi connectivity index (χ3n) is 3.87. The summed E-state index contributed by atoms with van der Waals surface area (Å²) in [6.45, 7) is 3.26. The Kier molecular flexibility index (Phi) is 5.76. The van der Waals surface area contributed by atoms with Gasteiger partial charge in [0.05, 0.1) is 5.39 Å². The Morgan fingerprint density at radius 2 is 1.67 bits per heavy atom. The molecule has 0 saturated carbocycles. The van der Waals surface area contributed by atoms with Gasteiger partial charge in [-0.05, 0) is 6.07 Å². The van der Waals surface area contributed by atoms with Gasteiger partial charge in [-0.2, -0.15) is 4.73 Å². The molecule has 0 unspecified atom stereocenters. The van der Waals surface area contributed by atoms with Crippen molar-refractivity contribution in [1.82, 2.24) is 0 Å². The van der Waals surface area contributed by atoms with Crippen LogP contribution >= 0.6 is 7.60 Å². The van der Waals surface area contributed by atoms with E-state index in [9.17, 15) is 9.77 Å². The Labute approximate surface area is 138 Å². The first-order valence-electron chi connectivity index (χ1n) is 6.70. The summed E-state index contributed by atoms with van der Waals surface area (Å²) in [6.07, 6.45) is 0. The van der Waals surface area contributed by atoms with Gasteiger partial charge in [0.15, 0.2) is 0 Å². The number of aromatic nitrogens is 1. The molecule has 1 aromatic carbocycles. The summed E-state index contributed by atoms with van der Waals surface area (Å²) in [4.78, 5) is 0. The summed E-state index contributed by atoms with van der Waals surface area (Å²) < 4.78 is 29.7. The number of pyridine rings is 1. The minimum absolute atomic E-state index is 0. The SMILES string of the molecule is COP(=O)(OC)c1c(C)[n+]([O-])c(C)c2oc3ccccc3c12.O.O. The standard InChI is InChI=1S/C15H16NO5P.2H2O/c1-9-14-13(11-7-5-6-8-12(11)21-14)15(10(2)16(9)17)22(18,19-3)20-4;;/h5-8H,1-4H3;2*1H2. The van der Waals surface area contributed by atoms with Crippen molar-refractivity contribution in [2.24, 2.45) is 0 Å². The van der Waals surface area contributed by atoms with Crippen LogP contribution in [-0.4, -0.2) is 25.2 Å². The highest BCUT2D eigenvalue weighted by molar-refractivity contribution is 7.62. The average molecular weight is 357 g/mol. The molecule has 0 fully saturated rings. The number of rotatable bonds is 3. The molecule has 8 nitrogen and oxygen atoms in total. The number of hydrogen-bond donors (Lipinski definition) is 0. The minimum Gasteiger partial charge on any atom is -0.618 e. The molecule has 0 bridgehead atoms. The zero-order valence-corrected chi connectivity index (χ0v) is 14.6. The predicted molar refractivity (Wildman–Crippen MR) is 90.6 cm³/mol. The molecule has 4 N–H and O–H groups in total. The first-order chi connectivity index (χ1) is 10.4. The van der Waals surface area contributed by atoms with Crippen LogP contribution in [0.25, 0.3) is 21.9 Å². The highest BCUT2D eigenvalue weighted by Gasteiger charge is 2.37. The van der Waals surface area contributed by atoms with Crippen LogP contribution in [-0.2, 0) is 13.6 Å². The second-order valence-corrected chi connectivity index (χ2v) is 7.15. The third kappa shape index (κ3) is 2.58. The van der Waals surface area contributed by atoms with Crippen LogP contribution in [0.4, 0.5) is 0 Å². The van der Waals surface area contributed by atoms with Crippen molar-refractivity contribution in [2.45, 2.75) is 13.8 Å². The lowest BCUT2D eigenvalue weighted by Crippen LogP contribution is -2.39. The van der Waals surface area contributed by atoms with Crippen LogP contribution in [0.1, 0.15) is 11.4 Å². The monoisotopic (exact) mass is 357 g/mol. The van der Waals surface area contributed by atoms with Gasteiger partial charge in [-0.25, -0.2) is 0 Å². The molecule has 0 aliphatic heterocycles. The Hall–Kier alpha value is -1.96. The van der Waals surface area contributed by atoms with E-state index in [4.69, 9.17) is 13.5 Å². The molecule has 132 valence electrons. The Morgan fingerprint density at radius 3 is 2.25 bits per heavy atom. The Bertz CT molecular complexity index is 927. The van der Waals surface area contributed by atoms with Crippen molar-refractivity contribution in [3.8, 4) is 0 Å². The molecule has 9 heteroatoms. The van der Waals surface area contributed by atoms with Crippen molar-refractivity contribution in [3.63, 3.8) is 0 Å². The summed E-state index contributed by atoms with van der Waals surface area (Å²) in [5.74, 6) is 0. The van der Waals surface area contributed by atoms with E-state index in [1.807, 2.05) is 18.2 Å². The summed E-state index contributed by atoms with van der Waals surface area (Å²) in [6, 6.07) is 7.35. The van der Waals surface area contributed by atoms with E-state index in [0.717, 1.165) is 5.39 Å². The molecule has 2 heterocycles. The number of hydrogen-bond acceptors (Lipinski definition) is 5. The molecule has 24 heavy (non-hydrogen) atoms. The summed E-state index contributed by atoms with van der Waals surface area (Å²) in [5, 5.41) is 14.0. The normalized spacial score (nSPS) is 11.3. The van der Waals surface area contributed by atoms with E-state index in [0.29, 0.717) is 27.0 Å². The number of para-hydroxylation sites is 1. The topological polar surface area (TPSA) is 139 Å². The Morgan fingerprint density at radius 1 is 1.08 bits per heavy atom. The van der Waals surface area contributed by atoms with E-state index in [1.165, 1.54) is 14.2 Å². The van der Waals surface area contributed by atoms with Gasteiger partial charge in [-0.15, -0.1) is 0 Å². The molecule has 2 aromatic heterocycles. The summed E-state index contributed by atoms with van der Waals surface area (Å²) in [7, 11) is -1.02. The first kappa shape index (κ1) is 20.1. The van der Waals surface area contributed by atoms with Gasteiger partial charge < -0.3 is 29.6 Å². The van der Waals surface area contributed by atoms with E-state index in [2.05, 4.69) is 0 Å². The molecular weight excluding hydrogens is 337 g/mol. The summed E-state index contributed by atoms with van der Waals surface area (Å²) >= 11 is 0. The van der Waals surface area contributed by atoms with Gasteiger partial charge >= 0.3 is 7.60 Å². The molecule has 0 saturated heterocycles. The highest BCUT2D eigenvalue weighted by atomic mass is 31.2. The third-order valence-corrected chi connectivity index (χ3v) is 5.92. The molecule has 0 atom stereocenters. The van der Waals surface area contributed by atoms with Crippen LogP contribution < -0.4 is 10.0 Å². The highest BCUT2D eigenvalue weighted by Crippen LogP contribution is 2.49. The molecule has 0 radical (unpaired) electrons. The maximum absolute atomic E-state index is 13.0. The van der Waals surface area contributed by atoms with Crippen LogP contribution in [0.15, 0.2) is 28.7 Å². The maximum Gasteiger partial charge on any atom is 0.367 e. The second-order valence-electron chi connectivity index (χ2n) is 4.98. The molecule has 0 aliphatic carbocycles. The van der Waals surface area contributed by atoms with Gasteiger partial charge in [0.25, 0.3) is 0 Å². The first-order valence-corrected chi connectivity index (χ1v) is 8.25. The van der Waals surface area contributed by atoms with Crippen LogP contribution in [0, 0.1) is 19.1 Å². The zero-order valence-electron chi connectivity index (χ0n) is 13.7. The molecule has 0 aliphatic rings. The second kappa shape index (κ2) is 6.88. The lowest BCUT2D eigenvalue weighted by atomic mass is 10.1. The predicted octanol–water partition coefficient (Wildman–Crippen LogP) is 1.30. The van der Waals surface area contributed by atoms with Crippen LogP contribution in [0.2, 0.25) is 0 Å². The molecular formula is C15H20NO7P. The van der Waals surface area contributed by atoms with Crippen molar-refractivity contribution < 1.29 is 33.7 Å². The van der Waals surface area contributed by atoms with Gasteiger partial charge in [-0.3, -0.25) is 4.57 Å². The van der Waals surface area contributed by atoms with E-state index in [-0.39, 0.29) is 22.0 Å². The van der Waals surface area contributed by atoms with Gasteiger partial charge in [0.1, 0.15) is 10.9 Å². The fourth-order valence-electron chi connectivity index (χ4n) is 2.75. The lowest BCUT2D eigenvalue weighted by Gasteiger charge is -2.17. The average Bonchev–Trinajstić information content (AvgIpc) is 2.92. The number of fused-ring (bicyclic) bond motifs is 3. The largest absolute Gasteiger partial charge is 0.618 e. The van der Waals surface area contributed by atoms with E-state index < -0.39 is 7.60 Å². The molecule has 3 aromatic rings. The van der Waals surface area contributed by atoms with Crippen molar-refractivity contribution in [2.75, 3.05) is 14.2 Å². The Balaban J connectivity index is 0.00000144. The molecule has 3 rings (SSSR count). The van der Waals surface area contributed by atoms with Crippen LogP contribution in [0.5, 0.6) is 0 Å². The van der Waals surface area contributed by atoms with Crippen molar-refractivity contribution in [1.29, 1.82) is 0 Å². The van der Waals surface area contributed by atoms with Crippen molar-refractivity contribution in [3.05, 3.63) is 40.9 Å². The fourth-order valence-corrected chi connectivity index (χ4v) is 4.25. The van der Waals surface area contributed by atoms with Crippen LogP contribution in [0.3, 0.4) is 0 Å². The quantitative estimate of drug-likeness (QED) is 0.395. The number of furan rings is 1. The number of nitrogens with zero attached hydrogens (tertiary/aromatic N) is 1. The number of aryl methyl sites for hydroxylation is 1. The maximum atomic E-state index is 13.0. The molecule has 0 amide bonds. The fraction of sp³-hybridized carbons (Fsp3) is 0.267.